The van der Waals surface area contributed by atoms with Crippen LogP contribution in [-0.2, 0) is 0 Å². The van der Waals surface area contributed by atoms with Gasteiger partial charge >= 0.3 is 0 Å². The topological polar surface area (TPSA) is 32.3 Å². The van der Waals surface area contributed by atoms with Gasteiger partial charge in [-0.3, -0.25) is 4.79 Å². The van der Waals surface area contributed by atoms with Gasteiger partial charge in [0.15, 0.2) is 0 Å². The minimum atomic E-state index is 0.0119. The highest BCUT2D eigenvalue weighted by molar-refractivity contribution is 5.94. The van der Waals surface area contributed by atoms with Gasteiger partial charge in [0.1, 0.15) is 0 Å². The van der Waals surface area contributed by atoms with E-state index in [4.69, 9.17) is 0 Å². The van der Waals surface area contributed by atoms with Crippen molar-refractivity contribution in [3.8, 4) is 0 Å². The molecule has 0 saturated carbocycles. The Balaban J connectivity index is 2.22. The first kappa shape index (κ1) is 13.7. The van der Waals surface area contributed by atoms with Gasteiger partial charge in [0.05, 0.1) is 0 Å². The van der Waals surface area contributed by atoms with Gasteiger partial charge in [-0.2, -0.15) is 0 Å². The Kier molecular flexibility index (Phi) is 5.70. The fourth-order valence-corrected chi connectivity index (χ4v) is 1.48. The lowest BCUT2D eigenvalue weighted by molar-refractivity contribution is 0.0951. The Morgan fingerprint density at radius 1 is 1.29 bits per heavy atom. The van der Waals surface area contributed by atoms with E-state index in [1.165, 1.54) is 0 Å². The number of rotatable bonds is 6. The van der Waals surface area contributed by atoms with Crippen LogP contribution in [0.5, 0.6) is 0 Å². The van der Waals surface area contributed by atoms with Crippen LogP contribution in [0, 0.1) is 0 Å². The van der Waals surface area contributed by atoms with Crippen molar-refractivity contribution in [3.63, 3.8) is 0 Å². The van der Waals surface area contributed by atoms with Gasteiger partial charge in [0, 0.05) is 18.2 Å². The van der Waals surface area contributed by atoms with Crippen molar-refractivity contribution < 1.29 is 4.79 Å². The maximum absolute atomic E-state index is 11.7. The maximum atomic E-state index is 11.7. The van der Waals surface area contributed by atoms with Gasteiger partial charge in [-0.1, -0.05) is 18.2 Å². The van der Waals surface area contributed by atoms with Crippen LogP contribution in [-0.4, -0.2) is 37.0 Å². The van der Waals surface area contributed by atoms with E-state index in [-0.39, 0.29) is 5.91 Å². The molecule has 0 aliphatic carbocycles. The Bertz CT molecular complexity index is 335. The summed E-state index contributed by atoms with van der Waals surface area (Å²) in [4.78, 5) is 14.0. The Morgan fingerprint density at radius 2 is 1.94 bits per heavy atom. The maximum Gasteiger partial charge on any atom is 0.251 e. The van der Waals surface area contributed by atoms with E-state index in [9.17, 15) is 4.79 Å². The molecule has 0 spiro atoms. The van der Waals surface area contributed by atoms with E-state index in [1.54, 1.807) is 0 Å². The van der Waals surface area contributed by atoms with Crippen molar-refractivity contribution in [1.29, 1.82) is 0 Å². The standard InChI is InChI=1S/C14H22N2O/c1-12(2)16(3)11-7-10-15-14(17)13-8-5-4-6-9-13/h4-6,8-9,12H,7,10-11H2,1-3H3,(H,15,17). The van der Waals surface area contributed by atoms with E-state index in [1.807, 2.05) is 30.3 Å². The van der Waals surface area contributed by atoms with Crippen LogP contribution in [0.25, 0.3) is 0 Å². The molecular formula is C14H22N2O. The summed E-state index contributed by atoms with van der Waals surface area (Å²) in [5.74, 6) is 0.0119. The van der Waals surface area contributed by atoms with Gasteiger partial charge in [-0.25, -0.2) is 0 Å². The van der Waals surface area contributed by atoms with Crippen molar-refractivity contribution in [2.75, 3.05) is 20.1 Å². The second-order valence-electron chi connectivity index (χ2n) is 4.55. The second-order valence-corrected chi connectivity index (χ2v) is 4.55. The zero-order valence-corrected chi connectivity index (χ0v) is 10.9. The predicted molar refractivity (Wildman–Crippen MR) is 71.2 cm³/mol. The molecule has 3 heteroatoms. The number of amides is 1. The molecule has 0 aromatic heterocycles. The summed E-state index contributed by atoms with van der Waals surface area (Å²) < 4.78 is 0. The molecule has 3 nitrogen and oxygen atoms in total. The predicted octanol–water partition coefficient (Wildman–Crippen LogP) is 2.15. The SMILES string of the molecule is CC(C)N(C)CCCNC(=O)c1ccccc1. The minimum absolute atomic E-state index is 0.0119. The van der Waals surface area contributed by atoms with E-state index in [2.05, 4.69) is 31.1 Å². The first-order valence-electron chi connectivity index (χ1n) is 6.14. The van der Waals surface area contributed by atoms with Gasteiger partial charge in [0.25, 0.3) is 5.91 Å². The molecule has 1 aromatic carbocycles. The highest BCUT2D eigenvalue weighted by Gasteiger charge is 2.05. The summed E-state index contributed by atoms with van der Waals surface area (Å²) in [6, 6.07) is 9.88. The van der Waals surface area contributed by atoms with Crippen LogP contribution in [0.4, 0.5) is 0 Å². The molecule has 0 saturated heterocycles. The molecule has 0 fully saturated rings. The van der Waals surface area contributed by atoms with Crippen LogP contribution in [0.3, 0.4) is 0 Å². The zero-order chi connectivity index (χ0) is 12.7. The molecule has 0 unspecified atom stereocenters. The van der Waals surface area contributed by atoms with Gasteiger partial charge < -0.3 is 10.2 Å². The van der Waals surface area contributed by atoms with E-state index in [0.29, 0.717) is 6.04 Å². The molecule has 0 radical (unpaired) electrons. The molecule has 1 aromatic rings. The number of nitrogens with one attached hydrogen (secondary N) is 1. The van der Waals surface area contributed by atoms with Gasteiger partial charge in [-0.05, 0) is 46.0 Å². The second kappa shape index (κ2) is 7.07. The van der Waals surface area contributed by atoms with E-state index in [0.717, 1.165) is 25.1 Å². The molecule has 0 atom stereocenters. The molecule has 1 rings (SSSR count). The summed E-state index contributed by atoms with van der Waals surface area (Å²) in [5.41, 5.74) is 0.727. The first-order chi connectivity index (χ1) is 8.11. The third-order valence-electron chi connectivity index (χ3n) is 2.89. The highest BCUT2D eigenvalue weighted by atomic mass is 16.1. The van der Waals surface area contributed by atoms with Crippen LogP contribution < -0.4 is 5.32 Å². The third kappa shape index (κ3) is 5.00. The molecule has 0 aliphatic rings. The van der Waals surface area contributed by atoms with Crippen molar-refractivity contribution in [2.24, 2.45) is 0 Å². The number of nitrogens with zero attached hydrogens (tertiary/aromatic N) is 1. The Hall–Kier alpha value is -1.35. The van der Waals surface area contributed by atoms with Gasteiger partial charge in [0.2, 0.25) is 0 Å². The number of hydrogen-bond donors (Lipinski definition) is 1. The normalized spacial score (nSPS) is 10.9. The minimum Gasteiger partial charge on any atom is -0.352 e. The summed E-state index contributed by atoms with van der Waals surface area (Å²) in [5, 5.41) is 2.93. The average Bonchev–Trinajstić information content (AvgIpc) is 2.35. The third-order valence-corrected chi connectivity index (χ3v) is 2.89. The number of carbonyl (C=O) groups excluding carboxylic acids is 1. The Morgan fingerprint density at radius 3 is 2.53 bits per heavy atom. The van der Waals surface area contributed by atoms with Crippen molar-refractivity contribution in [1.82, 2.24) is 10.2 Å². The summed E-state index contributed by atoms with van der Waals surface area (Å²) in [7, 11) is 2.10. The molecule has 17 heavy (non-hydrogen) atoms. The van der Waals surface area contributed by atoms with Crippen molar-refractivity contribution in [2.45, 2.75) is 26.3 Å². The van der Waals surface area contributed by atoms with E-state index < -0.39 is 0 Å². The molecule has 94 valence electrons. The molecule has 0 bridgehead atoms. The lowest BCUT2D eigenvalue weighted by Crippen LogP contribution is -2.31. The smallest absolute Gasteiger partial charge is 0.251 e. The number of benzene rings is 1. The summed E-state index contributed by atoms with van der Waals surface area (Å²) in [6.45, 7) is 6.07. The number of hydrogen-bond acceptors (Lipinski definition) is 2. The van der Waals surface area contributed by atoms with E-state index >= 15 is 0 Å². The fraction of sp³-hybridized carbons (Fsp3) is 0.500. The number of carbonyl (C=O) groups is 1. The average molecular weight is 234 g/mol. The van der Waals surface area contributed by atoms with Crippen LogP contribution in [0.2, 0.25) is 0 Å². The van der Waals surface area contributed by atoms with Crippen molar-refractivity contribution in [3.05, 3.63) is 35.9 Å². The summed E-state index contributed by atoms with van der Waals surface area (Å²) >= 11 is 0. The van der Waals surface area contributed by atoms with Crippen LogP contribution >= 0.6 is 0 Å². The van der Waals surface area contributed by atoms with Gasteiger partial charge in [-0.15, -0.1) is 0 Å². The van der Waals surface area contributed by atoms with Crippen LogP contribution in [0.1, 0.15) is 30.6 Å². The molecule has 1 amide bonds. The fourth-order valence-electron chi connectivity index (χ4n) is 1.48. The van der Waals surface area contributed by atoms with Crippen molar-refractivity contribution >= 4 is 5.91 Å². The lowest BCUT2D eigenvalue weighted by Gasteiger charge is -2.20. The highest BCUT2D eigenvalue weighted by Crippen LogP contribution is 1.98. The first-order valence-corrected chi connectivity index (χ1v) is 6.14. The molecular weight excluding hydrogens is 212 g/mol. The molecule has 0 heterocycles. The quantitative estimate of drug-likeness (QED) is 0.765. The zero-order valence-electron chi connectivity index (χ0n) is 10.9. The monoisotopic (exact) mass is 234 g/mol. The Labute approximate surface area is 104 Å². The largest absolute Gasteiger partial charge is 0.352 e. The summed E-state index contributed by atoms with van der Waals surface area (Å²) in [6.07, 6.45) is 0.979. The van der Waals surface area contributed by atoms with Crippen LogP contribution in [0.15, 0.2) is 30.3 Å². The molecule has 0 aliphatic heterocycles. The molecule has 1 N–H and O–H groups in total. The lowest BCUT2D eigenvalue weighted by atomic mass is 10.2.